The van der Waals surface area contributed by atoms with Crippen molar-refractivity contribution in [1.82, 2.24) is 0 Å². The first-order valence-electron chi connectivity index (χ1n) is 9.39. The van der Waals surface area contributed by atoms with Crippen LogP contribution in [0.15, 0.2) is 0 Å². The summed E-state index contributed by atoms with van der Waals surface area (Å²) in [6, 6.07) is 0. The van der Waals surface area contributed by atoms with Gasteiger partial charge in [0.2, 0.25) is 0 Å². The number of halogens is 11. The molecular formula is C17H23F11O2. The Morgan fingerprint density at radius 2 is 1.23 bits per heavy atom. The van der Waals surface area contributed by atoms with Crippen LogP contribution in [-0.4, -0.2) is 49.4 Å². The first-order chi connectivity index (χ1) is 13.6. The molecule has 1 atom stereocenters. The highest BCUT2D eigenvalue weighted by atomic mass is 19.4. The predicted octanol–water partition coefficient (Wildman–Crippen LogP) is 6.97. The smallest absolute Gasteiger partial charge is 0.353 e. The van der Waals surface area contributed by atoms with Gasteiger partial charge in [0.15, 0.2) is 6.29 Å². The van der Waals surface area contributed by atoms with Gasteiger partial charge in [-0.2, -0.15) is 48.3 Å². The van der Waals surface area contributed by atoms with Crippen LogP contribution in [0.1, 0.15) is 57.8 Å². The van der Waals surface area contributed by atoms with E-state index in [2.05, 4.69) is 0 Å². The van der Waals surface area contributed by atoms with E-state index < -0.39 is 42.7 Å². The zero-order valence-corrected chi connectivity index (χ0v) is 15.8. The molecular weight excluding hydrogens is 445 g/mol. The third-order valence-electron chi connectivity index (χ3n) is 4.68. The fourth-order valence-corrected chi connectivity index (χ4v) is 2.80. The molecule has 1 saturated heterocycles. The van der Waals surface area contributed by atoms with Crippen molar-refractivity contribution >= 4 is 0 Å². The van der Waals surface area contributed by atoms with Crippen LogP contribution >= 0.6 is 0 Å². The van der Waals surface area contributed by atoms with Crippen molar-refractivity contribution in [1.29, 1.82) is 0 Å². The number of hydrogen-bond acceptors (Lipinski definition) is 2. The second kappa shape index (κ2) is 10.2. The van der Waals surface area contributed by atoms with Gasteiger partial charge >= 0.3 is 29.9 Å². The minimum absolute atomic E-state index is 0.132. The molecule has 0 N–H and O–H groups in total. The summed E-state index contributed by atoms with van der Waals surface area (Å²) in [5, 5.41) is 0. The summed E-state index contributed by atoms with van der Waals surface area (Å²) in [6.45, 7) is 0.884. The number of rotatable bonds is 12. The Kier molecular flexibility index (Phi) is 9.22. The van der Waals surface area contributed by atoms with Crippen LogP contribution in [0.2, 0.25) is 0 Å². The summed E-state index contributed by atoms with van der Waals surface area (Å²) in [5.41, 5.74) is 0. The highest BCUT2D eigenvalue weighted by molar-refractivity contribution is 5.06. The molecule has 30 heavy (non-hydrogen) atoms. The maximum atomic E-state index is 13.5. The lowest BCUT2D eigenvalue weighted by Crippen LogP contribution is -2.66. The molecule has 1 aliphatic rings. The topological polar surface area (TPSA) is 18.5 Å². The fourth-order valence-electron chi connectivity index (χ4n) is 2.80. The van der Waals surface area contributed by atoms with Gasteiger partial charge in [0.05, 0.1) is 0 Å². The van der Waals surface area contributed by atoms with E-state index in [4.69, 9.17) is 9.47 Å². The summed E-state index contributed by atoms with van der Waals surface area (Å²) in [5.74, 6) is -27.3. The molecule has 13 heteroatoms. The number of ether oxygens (including phenoxy) is 2. The quantitative estimate of drug-likeness (QED) is 0.227. The zero-order chi connectivity index (χ0) is 23.3. The van der Waals surface area contributed by atoms with Crippen LogP contribution < -0.4 is 0 Å². The Bertz CT molecular complexity index is 514. The van der Waals surface area contributed by atoms with E-state index >= 15 is 0 Å². The highest BCUT2D eigenvalue weighted by Gasteiger charge is 2.86. The maximum Gasteiger partial charge on any atom is 0.460 e. The van der Waals surface area contributed by atoms with Crippen LogP contribution in [0.3, 0.4) is 0 Å². The molecule has 0 aromatic heterocycles. The minimum Gasteiger partial charge on any atom is -0.353 e. The Labute approximate surface area is 166 Å². The molecule has 180 valence electrons. The average molecular weight is 468 g/mol. The lowest BCUT2D eigenvalue weighted by molar-refractivity contribution is -0.422. The Morgan fingerprint density at radius 3 is 1.77 bits per heavy atom. The van der Waals surface area contributed by atoms with Crippen molar-refractivity contribution in [3.05, 3.63) is 0 Å². The minimum atomic E-state index is -7.32. The summed E-state index contributed by atoms with van der Waals surface area (Å²) < 4.78 is 152. The molecule has 0 spiro atoms. The molecule has 1 heterocycles. The van der Waals surface area contributed by atoms with Gasteiger partial charge in [0, 0.05) is 19.6 Å². The van der Waals surface area contributed by atoms with E-state index in [0.717, 1.165) is 19.3 Å². The zero-order valence-electron chi connectivity index (χ0n) is 15.8. The lowest BCUT2D eigenvalue weighted by Gasteiger charge is -2.37. The molecule has 0 aliphatic carbocycles. The fraction of sp³-hybridized carbons (Fsp3) is 1.00. The Balaban J connectivity index is 2.42. The van der Waals surface area contributed by atoms with Crippen LogP contribution in [0.4, 0.5) is 48.3 Å². The highest BCUT2D eigenvalue weighted by Crippen LogP contribution is 2.58. The third kappa shape index (κ3) is 6.10. The number of unbranched alkanes of at least 4 members (excludes halogenated alkanes) is 4. The Morgan fingerprint density at radius 1 is 0.667 bits per heavy atom. The van der Waals surface area contributed by atoms with Gasteiger partial charge in [0.25, 0.3) is 0 Å². The molecule has 1 aliphatic heterocycles. The largest absolute Gasteiger partial charge is 0.460 e. The van der Waals surface area contributed by atoms with Crippen molar-refractivity contribution < 1.29 is 57.8 Å². The van der Waals surface area contributed by atoms with E-state index in [1.807, 2.05) is 0 Å². The number of hydrogen-bond donors (Lipinski definition) is 0. The van der Waals surface area contributed by atoms with Crippen LogP contribution in [0.5, 0.6) is 0 Å². The molecule has 0 aromatic carbocycles. The lowest BCUT2D eigenvalue weighted by atomic mass is 9.94. The van der Waals surface area contributed by atoms with Gasteiger partial charge in [-0.1, -0.05) is 19.3 Å². The summed E-state index contributed by atoms with van der Waals surface area (Å²) in [4.78, 5) is 0. The van der Waals surface area contributed by atoms with Crippen molar-refractivity contribution in [2.24, 2.45) is 0 Å². The average Bonchev–Trinajstić information content (AvgIpc) is 2.63. The maximum absolute atomic E-state index is 13.5. The normalized spacial score (nSPS) is 19.9. The van der Waals surface area contributed by atoms with Gasteiger partial charge in [-0.25, -0.2) is 0 Å². The molecule has 0 saturated carbocycles. The first kappa shape index (κ1) is 27.2. The SMILES string of the molecule is FC(F)(F)C(F)(F)C(F)(F)C(F)(F)C(F)(F)CCCCCCCOC1CCCCO1. The molecule has 0 amide bonds. The molecule has 2 nitrogen and oxygen atoms in total. The monoisotopic (exact) mass is 468 g/mol. The predicted molar refractivity (Wildman–Crippen MR) is 83.1 cm³/mol. The Hall–Kier alpha value is -0.850. The van der Waals surface area contributed by atoms with E-state index in [1.54, 1.807) is 0 Å². The van der Waals surface area contributed by atoms with Gasteiger partial charge < -0.3 is 9.47 Å². The molecule has 0 radical (unpaired) electrons. The van der Waals surface area contributed by atoms with Crippen LogP contribution in [-0.2, 0) is 9.47 Å². The van der Waals surface area contributed by atoms with E-state index in [1.165, 1.54) is 0 Å². The van der Waals surface area contributed by atoms with Crippen LogP contribution in [0.25, 0.3) is 0 Å². The van der Waals surface area contributed by atoms with Gasteiger partial charge in [0.1, 0.15) is 0 Å². The van der Waals surface area contributed by atoms with Crippen molar-refractivity contribution in [2.75, 3.05) is 13.2 Å². The van der Waals surface area contributed by atoms with E-state index in [9.17, 15) is 48.3 Å². The third-order valence-corrected chi connectivity index (χ3v) is 4.68. The molecule has 0 bridgehead atoms. The summed E-state index contributed by atoms with van der Waals surface area (Å²) in [6.07, 6.45) is -6.53. The molecule has 1 rings (SSSR count). The van der Waals surface area contributed by atoms with E-state index in [-0.39, 0.29) is 19.1 Å². The number of alkyl halides is 11. The molecule has 1 fully saturated rings. The van der Waals surface area contributed by atoms with Gasteiger partial charge in [-0.05, 0) is 32.1 Å². The second-order valence-electron chi connectivity index (χ2n) is 7.11. The van der Waals surface area contributed by atoms with Crippen molar-refractivity contribution in [3.8, 4) is 0 Å². The van der Waals surface area contributed by atoms with Crippen molar-refractivity contribution in [2.45, 2.75) is 93.9 Å². The van der Waals surface area contributed by atoms with Gasteiger partial charge in [-0.15, -0.1) is 0 Å². The molecule has 1 unspecified atom stereocenters. The standard InChI is InChI=1S/C17H23F11O2/c18-13(19,14(20,21)15(22,23)16(24,25)17(26,27)28)9-5-2-1-3-6-10-29-12-8-4-7-11-30-12/h12H,1-11H2. The second-order valence-corrected chi connectivity index (χ2v) is 7.11. The van der Waals surface area contributed by atoms with Crippen molar-refractivity contribution in [3.63, 3.8) is 0 Å². The van der Waals surface area contributed by atoms with Gasteiger partial charge in [-0.3, -0.25) is 0 Å². The summed E-state index contributed by atoms with van der Waals surface area (Å²) in [7, 11) is 0. The van der Waals surface area contributed by atoms with Crippen LogP contribution in [0, 0.1) is 0 Å². The first-order valence-corrected chi connectivity index (χ1v) is 9.39. The summed E-state index contributed by atoms with van der Waals surface area (Å²) >= 11 is 0. The molecule has 0 aromatic rings. The van der Waals surface area contributed by atoms with E-state index in [0.29, 0.717) is 26.1 Å².